The van der Waals surface area contributed by atoms with Crippen molar-refractivity contribution in [2.24, 2.45) is 5.73 Å². The van der Waals surface area contributed by atoms with E-state index in [1.165, 1.54) is 24.1 Å². The molecule has 1 aliphatic carbocycles. The van der Waals surface area contributed by atoms with Gasteiger partial charge in [-0.1, -0.05) is 0 Å². The molecule has 0 bridgehead atoms. The number of piperidine rings is 1. The third-order valence-electron chi connectivity index (χ3n) is 3.61. The third kappa shape index (κ3) is 1.67. The second-order valence-electron chi connectivity index (χ2n) is 4.82. The summed E-state index contributed by atoms with van der Waals surface area (Å²) in [7, 11) is 0. The van der Waals surface area contributed by atoms with E-state index >= 15 is 0 Å². The number of aryl methyl sites for hydroxylation is 1. The molecule has 1 saturated heterocycles. The van der Waals surface area contributed by atoms with E-state index in [1.807, 2.05) is 0 Å². The van der Waals surface area contributed by atoms with E-state index in [1.54, 1.807) is 6.33 Å². The number of nitrogens with zero attached hydrogens (tertiary/aromatic N) is 3. The lowest BCUT2D eigenvalue weighted by atomic mass is 10.1. The summed E-state index contributed by atoms with van der Waals surface area (Å²) in [5, 5.41) is 0. The molecule has 1 aromatic rings. The van der Waals surface area contributed by atoms with Crippen molar-refractivity contribution < 1.29 is 0 Å². The number of aromatic nitrogens is 2. The highest BCUT2D eigenvalue weighted by Gasteiger charge is 2.24. The molecule has 2 heterocycles. The zero-order valence-electron chi connectivity index (χ0n) is 9.52. The van der Waals surface area contributed by atoms with Crippen LogP contribution in [0.5, 0.6) is 0 Å². The molecule has 0 unspecified atom stereocenters. The second-order valence-corrected chi connectivity index (χ2v) is 4.82. The van der Waals surface area contributed by atoms with Crippen LogP contribution in [0.2, 0.25) is 0 Å². The van der Waals surface area contributed by atoms with Gasteiger partial charge in [-0.3, -0.25) is 0 Å². The largest absolute Gasteiger partial charge is 0.355 e. The second kappa shape index (κ2) is 4.01. The first-order valence-corrected chi connectivity index (χ1v) is 6.18. The minimum absolute atomic E-state index is 0.306. The molecular formula is C12H18N4. The molecule has 16 heavy (non-hydrogen) atoms. The Morgan fingerprint density at radius 3 is 3.06 bits per heavy atom. The summed E-state index contributed by atoms with van der Waals surface area (Å²) < 4.78 is 0. The molecule has 0 saturated carbocycles. The standard InChI is InChI=1S/C12H18N4/c13-9-3-2-6-16(7-9)12-10-4-1-5-11(10)14-8-15-12/h8-9H,1-7,13H2/t9-/m1/s1. The van der Waals surface area contributed by atoms with Crippen LogP contribution in [0.15, 0.2) is 6.33 Å². The SMILES string of the molecule is N[C@@H]1CCCN(c2ncnc3c2CCC3)C1. The monoisotopic (exact) mass is 218 g/mol. The van der Waals surface area contributed by atoms with E-state index in [9.17, 15) is 0 Å². The predicted octanol–water partition coefficient (Wildman–Crippen LogP) is 0.893. The van der Waals surface area contributed by atoms with Gasteiger partial charge < -0.3 is 10.6 Å². The molecule has 0 spiro atoms. The van der Waals surface area contributed by atoms with Crippen LogP contribution in [0, 0.1) is 0 Å². The summed E-state index contributed by atoms with van der Waals surface area (Å²) in [4.78, 5) is 11.2. The highest BCUT2D eigenvalue weighted by atomic mass is 15.2. The van der Waals surface area contributed by atoms with Crippen LogP contribution in [-0.4, -0.2) is 29.1 Å². The lowest BCUT2D eigenvalue weighted by Crippen LogP contribution is -2.43. The normalized spacial score (nSPS) is 24.6. The van der Waals surface area contributed by atoms with Crippen molar-refractivity contribution in [3.8, 4) is 0 Å². The van der Waals surface area contributed by atoms with Crippen LogP contribution in [0.25, 0.3) is 0 Å². The zero-order valence-corrected chi connectivity index (χ0v) is 9.52. The molecule has 1 atom stereocenters. The lowest BCUT2D eigenvalue weighted by molar-refractivity contribution is 0.502. The van der Waals surface area contributed by atoms with Gasteiger partial charge in [-0.15, -0.1) is 0 Å². The zero-order chi connectivity index (χ0) is 11.0. The van der Waals surface area contributed by atoms with Crippen LogP contribution in [-0.2, 0) is 12.8 Å². The Bertz CT molecular complexity index is 391. The highest BCUT2D eigenvalue weighted by molar-refractivity contribution is 5.50. The smallest absolute Gasteiger partial charge is 0.135 e. The molecule has 4 nitrogen and oxygen atoms in total. The number of nitrogens with two attached hydrogens (primary N) is 1. The van der Waals surface area contributed by atoms with E-state index in [2.05, 4.69) is 14.9 Å². The Labute approximate surface area is 95.9 Å². The van der Waals surface area contributed by atoms with Gasteiger partial charge in [-0.2, -0.15) is 0 Å². The summed E-state index contributed by atoms with van der Waals surface area (Å²) in [5.74, 6) is 1.15. The van der Waals surface area contributed by atoms with Crippen LogP contribution < -0.4 is 10.6 Å². The number of hydrogen-bond acceptors (Lipinski definition) is 4. The van der Waals surface area contributed by atoms with Gasteiger partial charge in [-0.25, -0.2) is 9.97 Å². The fraction of sp³-hybridized carbons (Fsp3) is 0.667. The number of fused-ring (bicyclic) bond motifs is 1. The van der Waals surface area contributed by atoms with Crippen molar-refractivity contribution in [1.82, 2.24) is 9.97 Å². The van der Waals surface area contributed by atoms with Gasteiger partial charge in [-0.05, 0) is 32.1 Å². The van der Waals surface area contributed by atoms with Gasteiger partial charge in [0.05, 0.1) is 0 Å². The van der Waals surface area contributed by atoms with Crippen molar-refractivity contribution >= 4 is 5.82 Å². The van der Waals surface area contributed by atoms with Gasteiger partial charge in [0.2, 0.25) is 0 Å². The molecule has 4 heteroatoms. The van der Waals surface area contributed by atoms with Gasteiger partial charge >= 0.3 is 0 Å². The minimum Gasteiger partial charge on any atom is -0.355 e. The van der Waals surface area contributed by atoms with Crippen LogP contribution in [0.3, 0.4) is 0 Å². The van der Waals surface area contributed by atoms with Crippen molar-refractivity contribution in [3.05, 3.63) is 17.6 Å². The number of rotatable bonds is 1. The molecule has 2 N–H and O–H groups in total. The van der Waals surface area contributed by atoms with Crippen molar-refractivity contribution in [1.29, 1.82) is 0 Å². The van der Waals surface area contributed by atoms with E-state index in [0.29, 0.717) is 6.04 Å². The molecule has 0 amide bonds. The Balaban J connectivity index is 1.91. The fourth-order valence-corrected chi connectivity index (χ4v) is 2.82. The molecular weight excluding hydrogens is 200 g/mol. The van der Waals surface area contributed by atoms with Crippen molar-refractivity contribution in [2.45, 2.75) is 38.1 Å². The first kappa shape index (κ1) is 10.0. The van der Waals surface area contributed by atoms with Crippen LogP contribution in [0.4, 0.5) is 5.82 Å². The van der Waals surface area contributed by atoms with Gasteiger partial charge in [0, 0.05) is 30.4 Å². The average molecular weight is 218 g/mol. The van der Waals surface area contributed by atoms with Crippen LogP contribution in [0.1, 0.15) is 30.5 Å². The summed E-state index contributed by atoms with van der Waals surface area (Å²) in [5.41, 5.74) is 8.65. The number of anilines is 1. The van der Waals surface area contributed by atoms with E-state index in [-0.39, 0.29) is 0 Å². The van der Waals surface area contributed by atoms with Gasteiger partial charge in [0.15, 0.2) is 0 Å². The Morgan fingerprint density at radius 2 is 2.19 bits per heavy atom. The van der Waals surface area contributed by atoms with Gasteiger partial charge in [0.1, 0.15) is 12.1 Å². The first-order chi connectivity index (χ1) is 7.84. The Morgan fingerprint density at radius 1 is 1.25 bits per heavy atom. The third-order valence-corrected chi connectivity index (χ3v) is 3.61. The maximum atomic E-state index is 6.02. The molecule has 86 valence electrons. The Kier molecular flexibility index (Phi) is 2.52. The van der Waals surface area contributed by atoms with E-state index < -0.39 is 0 Å². The molecule has 3 rings (SSSR count). The topological polar surface area (TPSA) is 55.0 Å². The first-order valence-electron chi connectivity index (χ1n) is 6.18. The van der Waals surface area contributed by atoms with Gasteiger partial charge in [0.25, 0.3) is 0 Å². The lowest BCUT2D eigenvalue weighted by Gasteiger charge is -2.32. The maximum absolute atomic E-state index is 6.02. The summed E-state index contributed by atoms with van der Waals surface area (Å²) in [6.45, 7) is 2.04. The van der Waals surface area contributed by atoms with E-state index in [4.69, 9.17) is 5.73 Å². The summed E-state index contributed by atoms with van der Waals surface area (Å²) in [6.07, 6.45) is 7.51. The summed E-state index contributed by atoms with van der Waals surface area (Å²) >= 11 is 0. The summed E-state index contributed by atoms with van der Waals surface area (Å²) in [6, 6.07) is 0.306. The van der Waals surface area contributed by atoms with Crippen molar-refractivity contribution in [3.63, 3.8) is 0 Å². The Hall–Kier alpha value is -1.16. The quantitative estimate of drug-likeness (QED) is 0.760. The molecule has 1 fully saturated rings. The maximum Gasteiger partial charge on any atom is 0.135 e. The molecule has 0 aromatic carbocycles. The predicted molar refractivity (Wildman–Crippen MR) is 63.5 cm³/mol. The average Bonchev–Trinajstić information content (AvgIpc) is 2.76. The molecule has 1 aromatic heterocycles. The molecule has 0 radical (unpaired) electrons. The molecule has 2 aliphatic rings. The fourth-order valence-electron chi connectivity index (χ4n) is 2.82. The molecule has 1 aliphatic heterocycles. The number of hydrogen-bond donors (Lipinski definition) is 1. The highest BCUT2D eigenvalue weighted by Crippen LogP contribution is 2.29. The van der Waals surface area contributed by atoms with E-state index in [0.717, 1.165) is 38.2 Å². The van der Waals surface area contributed by atoms with Crippen LogP contribution >= 0.6 is 0 Å². The van der Waals surface area contributed by atoms with Crippen molar-refractivity contribution in [2.75, 3.05) is 18.0 Å². The minimum atomic E-state index is 0.306.